The molecule has 178 valence electrons. The molecular weight excluding hydrogens is 454 g/mol. The third kappa shape index (κ3) is 4.05. The highest BCUT2D eigenvalue weighted by atomic mass is 19.3. The van der Waals surface area contributed by atoms with E-state index < -0.39 is 18.6 Å². The lowest BCUT2D eigenvalue weighted by atomic mass is 9.93. The number of methoxy groups -OCH3 is 1. The third-order valence-electron chi connectivity index (χ3n) is 5.86. The van der Waals surface area contributed by atoms with Gasteiger partial charge in [-0.1, -0.05) is 42.5 Å². The van der Waals surface area contributed by atoms with Crippen LogP contribution in [-0.4, -0.2) is 29.2 Å². The molecule has 0 fully saturated rings. The van der Waals surface area contributed by atoms with E-state index in [1.807, 2.05) is 28.8 Å². The number of fused-ring (bicyclic) bond motifs is 3. The average Bonchev–Trinajstić information content (AvgIpc) is 3.21. The van der Waals surface area contributed by atoms with Crippen molar-refractivity contribution in [2.75, 3.05) is 17.7 Å². The van der Waals surface area contributed by atoms with Crippen molar-refractivity contribution >= 4 is 28.6 Å². The zero-order chi connectivity index (χ0) is 24.5. The van der Waals surface area contributed by atoms with Crippen LogP contribution >= 0.6 is 0 Å². The first-order chi connectivity index (χ1) is 17.0. The second-order valence-corrected chi connectivity index (χ2v) is 7.93. The zero-order valence-electron chi connectivity index (χ0n) is 19.0. The number of hydrogen-bond donors (Lipinski definition) is 2. The molecule has 1 aliphatic rings. The van der Waals surface area contributed by atoms with Crippen molar-refractivity contribution in [3.8, 4) is 11.5 Å². The molecule has 0 saturated carbocycles. The molecule has 1 aromatic heterocycles. The van der Waals surface area contributed by atoms with Gasteiger partial charge in [0, 0.05) is 11.3 Å². The van der Waals surface area contributed by atoms with Crippen LogP contribution in [0.3, 0.4) is 0 Å². The number of amides is 1. The number of benzene rings is 3. The molecule has 0 bridgehead atoms. The highest BCUT2D eigenvalue weighted by molar-refractivity contribution is 6.07. The fraction of sp³-hybridized carbons (Fsp3) is 0.154. The topological polar surface area (TPSA) is 77.4 Å². The second-order valence-electron chi connectivity index (χ2n) is 7.93. The van der Waals surface area contributed by atoms with Crippen molar-refractivity contribution in [2.45, 2.75) is 19.6 Å². The average molecular weight is 476 g/mol. The lowest BCUT2D eigenvalue weighted by Gasteiger charge is -2.31. The van der Waals surface area contributed by atoms with Crippen LogP contribution in [0.25, 0.3) is 11.0 Å². The van der Waals surface area contributed by atoms with Gasteiger partial charge in [-0.15, -0.1) is 0 Å². The van der Waals surface area contributed by atoms with Gasteiger partial charge in [0.25, 0.3) is 5.91 Å². The van der Waals surface area contributed by atoms with Gasteiger partial charge in [-0.25, -0.2) is 4.98 Å². The minimum atomic E-state index is -3.02. The number of nitrogens with one attached hydrogen (secondary N) is 2. The Hall–Kier alpha value is -4.40. The molecular formula is C26H22F2N4O3. The number of allylic oxidation sites excluding steroid dienone is 1. The predicted octanol–water partition coefficient (Wildman–Crippen LogP) is 5.57. The number of carbonyl (C=O) groups excluding carboxylic acids is 1. The van der Waals surface area contributed by atoms with Gasteiger partial charge in [-0.05, 0) is 37.3 Å². The molecule has 0 saturated heterocycles. The normalized spacial score (nSPS) is 15.1. The van der Waals surface area contributed by atoms with Crippen molar-refractivity contribution in [1.29, 1.82) is 0 Å². The summed E-state index contributed by atoms with van der Waals surface area (Å²) in [6.45, 7) is -1.27. The Bertz CT molecular complexity index is 1450. The Kier molecular flexibility index (Phi) is 5.82. The van der Waals surface area contributed by atoms with Crippen LogP contribution < -0.4 is 20.1 Å². The standard InChI is InChI=1S/C26H22F2N4O3/c1-15-22(24(33)30-18-11-5-8-14-21(18)34-2)23(16-9-3-7-13-20(16)35-25(27)28)32-19-12-6-4-10-17(19)31-26(32)29-15/h3-14,23,25H,1-2H3,(H,29,31)(H,30,33). The number of halogens is 2. The lowest BCUT2D eigenvalue weighted by Crippen LogP contribution is -2.31. The van der Waals surface area contributed by atoms with E-state index in [1.54, 1.807) is 49.4 Å². The Balaban J connectivity index is 1.69. The summed E-state index contributed by atoms with van der Waals surface area (Å²) in [7, 11) is 1.52. The number of aromatic nitrogens is 2. The lowest BCUT2D eigenvalue weighted by molar-refractivity contribution is -0.113. The summed E-state index contributed by atoms with van der Waals surface area (Å²) in [6, 6.07) is 20.2. The molecule has 1 amide bonds. The number of hydrogen-bond acceptors (Lipinski definition) is 5. The third-order valence-corrected chi connectivity index (χ3v) is 5.86. The smallest absolute Gasteiger partial charge is 0.387 e. The number of carbonyl (C=O) groups is 1. The first-order valence-electron chi connectivity index (χ1n) is 10.9. The monoisotopic (exact) mass is 476 g/mol. The summed E-state index contributed by atoms with van der Waals surface area (Å²) < 4.78 is 38.7. The van der Waals surface area contributed by atoms with E-state index in [1.165, 1.54) is 13.2 Å². The molecule has 1 atom stereocenters. The van der Waals surface area contributed by atoms with Gasteiger partial charge in [-0.3, -0.25) is 9.36 Å². The summed E-state index contributed by atoms with van der Waals surface area (Å²) in [4.78, 5) is 18.4. The fourth-order valence-electron chi connectivity index (χ4n) is 4.40. The minimum absolute atomic E-state index is 0.0199. The van der Waals surface area contributed by atoms with Gasteiger partial charge < -0.3 is 20.1 Å². The predicted molar refractivity (Wildman–Crippen MR) is 129 cm³/mol. The summed E-state index contributed by atoms with van der Waals surface area (Å²) in [5.41, 5.74) is 3.20. The Morgan fingerprint density at radius 2 is 1.71 bits per heavy atom. The van der Waals surface area contributed by atoms with E-state index in [9.17, 15) is 13.6 Å². The number of ether oxygens (including phenoxy) is 2. The molecule has 35 heavy (non-hydrogen) atoms. The fourth-order valence-corrected chi connectivity index (χ4v) is 4.40. The van der Waals surface area contributed by atoms with Crippen LogP contribution in [0.4, 0.5) is 20.4 Å². The number of alkyl halides is 2. The van der Waals surface area contributed by atoms with Crippen molar-refractivity contribution in [1.82, 2.24) is 9.55 Å². The van der Waals surface area contributed by atoms with Gasteiger partial charge in [0.15, 0.2) is 0 Å². The molecule has 9 heteroatoms. The molecule has 5 rings (SSSR count). The first-order valence-corrected chi connectivity index (χ1v) is 10.9. The summed E-state index contributed by atoms with van der Waals surface area (Å²) in [5, 5.41) is 6.11. The van der Waals surface area contributed by atoms with Gasteiger partial charge in [0.1, 0.15) is 11.5 Å². The Labute approximate surface area is 200 Å². The quantitative estimate of drug-likeness (QED) is 0.380. The SMILES string of the molecule is COc1ccccc1NC(=O)C1=C(C)Nc2nc3ccccc3n2C1c1ccccc1OC(F)F. The zero-order valence-corrected chi connectivity index (χ0v) is 19.0. The summed E-state index contributed by atoms with van der Waals surface area (Å²) >= 11 is 0. The van der Waals surface area contributed by atoms with Crippen LogP contribution in [0.1, 0.15) is 18.5 Å². The van der Waals surface area contributed by atoms with Crippen molar-refractivity contribution < 1.29 is 23.0 Å². The second kappa shape index (κ2) is 9.09. The van der Waals surface area contributed by atoms with E-state index in [-0.39, 0.29) is 5.75 Å². The van der Waals surface area contributed by atoms with Gasteiger partial charge in [-0.2, -0.15) is 8.78 Å². The number of anilines is 2. The van der Waals surface area contributed by atoms with Gasteiger partial charge in [0.05, 0.1) is 35.4 Å². The van der Waals surface area contributed by atoms with Crippen LogP contribution in [0.15, 0.2) is 84.1 Å². The number of nitrogens with zero attached hydrogens (tertiary/aromatic N) is 2. The molecule has 2 N–H and O–H groups in total. The van der Waals surface area contributed by atoms with Crippen LogP contribution in [0.5, 0.6) is 11.5 Å². The number of para-hydroxylation sites is 5. The maximum atomic E-state index is 13.7. The van der Waals surface area contributed by atoms with E-state index in [0.29, 0.717) is 39.7 Å². The van der Waals surface area contributed by atoms with Crippen molar-refractivity contribution in [2.24, 2.45) is 0 Å². The molecule has 0 aliphatic carbocycles. The molecule has 2 heterocycles. The molecule has 3 aromatic carbocycles. The van der Waals surface area contributed by atoms with Crippen LogP contribution in [0.2, 0.25) is 0 Å². The molecule has 0 spiro atoms. The van der Waals surface area contributed by atoms with E-state index >= 15 is 0 Å². The maximum absolute atomic E-state index is 13.7. The highest BCUT2D eigenvalue weighted by Crippen LogP contribution is 2.43. The van der Waals surface area contributed by atoms with Crippen molar-refractivity contribution in [3.05, 3.63) is 89.6 Å². The summed E-state index contributed by atoms with van der Waals surface area (Å²) in [5.74, 6) is 0.553. The maximum Gasteiger partial charge on any atom is 0.387 e. The minimum Gasteiger partial charge on any atom is -0.495 e. The van der Waals surface area contributed by atoms with E-state index in [4.69, 9.17) is 9.47 Å². The highest BCUT2D eigenvalue weighted by Gasteiger charge is 2.36. The number of imidazole rings is 1. The Morgan fingerprint density at radius 1 is 1.03 bits per heavy atom. The molecule has 1 unspecified atom stereocenters. The molecule has 4 aromatic rings. The van der Waals surface area contributed by atoms with E-state index in [2.05, 4.69) is 15.6 Å². The molecule has 1 aliphatic heterocycles. The van der Waals surface area contributed by atoms with Crippen molar-refractivity contribution in [3.63, 3.8) is 0 Å². The van der Waals surface area contributed by atoms with E-state index in [0.717, 1.165) is 5.52 Å². The largest absolute Gasteiger partial charge is 0.495 e. The van der Waals surface area contributed by atoms with Crippen LogP contribution in [0, 0.1) is 0 Å². The van der Waals surface area contributed by atoms with Gasteiger partial charge in [0.2, 0.25) is 5.95 Å². The van der Waals surface area contributed by atoms with Gasteiger partial charge >= 0.3 is 6.61 Å². The van der Waals surface area contributed by atoms with Crippen LogP contribution in [-0.2, 0) is 4.79 Å². The Morgan fingerprint density at radius 3 is 2.49 bits per heavy atom. The molecule has 7 nitrogen and oxygen atoms in total. The molecule has 0 radical (unpaired) electrons. The number of rotatable bonds is 6. The first kappa shape index (κ1) is 22.4. The summed E-state index contributed by atoms with van der Waals surface area (Å²) in [6.07, 6.45) is 0.